The summed E-state index contributed by atoms with van der Waals surface area (Å²) in [5.74, 6) is 0.245. The van der Waals surface area contributed by atoms with Gasteiger partial charge >= 0.3 is 0 Å². The standard InChI is InChI=1S/C63H48N4/c1-62(2,3)38-25-27-52-46(31-38)47-32-39(63(4,5)6)33-49-55-53(66(52)58(47)49)34-64-61-57(55)56-42-21-13-11-17-36(42)30-48-54-41-20-12-10-16-35(41)28-44(59(54)67(61)60(48)56)37-24-26-51-45(29-37)43-22-14-15-23-50(43)65(51)40-18-8-7-9-19-40/h7-34,43,50H,1-6H3. The second-order valence-electron chi connectivity index (χ2n) is 21.5. The molecule has 8 aromatic carbocycles. The number of rotatable bonds is 2. The topological polar surface area (TPSA) is 24.9 Å². The first kappa shape index (κ1) is 37.5. The predicted octanol–water partition coefficient (Wildman–Crippen LogP) is 16.7. The Hall–Kier alpha value is -7.69. The fraction of sp³-hybridized carbons (Fsp3) is 0.159. The molecule has 320 valence electrons. The van der Waals surface area contributed by atoms with E-state index in [1.165, 1.54) is 126 Å². The zero-order chi connectivity index (χ0) is 44.8. The Bertz CT molecular complexity index is 4350. The van der Waals surface area contributed by atoms with Crippen molar-refractivity contribution in [2.75, 3.05) is 4.90 Å². The number of hydrogen-bond donors (Lipinski definition) is 0. The minimum absolute atomic E-state index is 0.0344. The summed E-state index contributed by atoms with van der Waals surface area (Å²) in [5, 5.41) is 15.3. The van der Waals surface area contributed by atoms with E-state index in [4.69, 9.17) is 4.98 Å². The first-order valence-corrected chi connectivity index (χ1v) is 24.0. The molecule has 0 radical (unpaired) electrons. The van der Waals surface area contributed by atoms with Crippen LogP contribution in [0.2, 0.25) is 0 Å². The monoisotopic (exact) mass is 860 g/mol. The zero-order valence-electron chi connectivity index (χ0n) is 38.6. The van der Waals surface area contributed by atoms with E-state index in [0.717, 1.165) is 11.2 Å². The average Bonchev–Trinajstić information content (AvgIpc) is 4.13. The molecular weight excluding hydrogens is 813 g/mol. The fourth-order valence-corrected chi connectivity index (χ4v) is 12.6. The molecule has 2 unspecified atom stereocenters. The van der Waals surface area contributed by atoms with Gasteiger partial charge in [-0.2, -0.15) is 0 Å². The van der Waals surface area contributed by atoms with Crippen molar-refractivity contribution in [3.8, 4) is 11.1 Å². The highest BCUT2D eigenvalue weighted by Gasteiger charge is 2.38. The number of aromatic nitrogens is 3. The number of hydrogen-bond acceptors (Lipinski definition) is 2. The quantitative estimate of drug-likeness (QED) is 0.173. The molecule has 2 atom stereocenters. The molecule has 0 N–H and O–H groups in total. The maximum atomic E-state index is 5.67. The van der Waals surface area contributed by atoms with Gasteiger partial charge in [0.05, 0.1) is 39.8 Å². The van der Waals surface area contributed by atoms with Crippen LogP contribution in [0.3, 0.4) is 0 Å². The summed E-state index contributed by atoms with van der Waals surface area (Å²) >= 11 is 0. The minimum Gasteiger partial charge on any atom is -0.333 e. The van der Waals surface area contributed by atoms with E-state index >= 15 is 0 Å². The van der Waals surface area contributed by atoms with Gasteiger partial charge in [0.25, 0.3) is 0 Å². The Kier molecular flexibility index (Phi) is 7.05. The van der Waals surface area contributed by atoms with Crippen LogP contribution in [-0.2, 0) is 10.8 Å². The van der Waals surface area contributed by atoms with Gasteiger partial charge in [0, 0.05) is 65.9 Å². The van der Waals surface area contributed by atoms with Crippen LogP contribution in [-0.4, -0.2) is 19.8 Å². The summed E-state index contributed by atoms with van der Waals surface area (Å²) in [5.41, 5.74) is 16.2. The zero-order valence-corrected chi connectivity index (χ0v) is 38.6. The molecule has 6 heterocycles. The van der Waals surface area contributed by atoms with E-state index < -0.39 is 0 Å². The van der Waals surface area contributed by atoms with Crippen molar-refractivity contribution in [1.82, 2.24) is 13.8 Å². The number of nitrogens with zero attached hydrogens (tertiary/aromatic N) is 4. The fourth-order valence-electron chi connectivity index (χ4n) is 12.6. The summed E-state index contributed by atoms with van der Waals surface area (Å²) in [6.45, 7) is 14.0. The molecule has 4 nitrogen and oxygen atoms in total. The molecule has 0 amide bonds. The van der Waals surface area contributed by atoms with Gasteiger partial charge in [-0.25, -0.2) is 4.98 Å². The maximum absolute atomic E-state index is 5.67. The van der Waals surface area contributed by atoms with Gasteiger partial charge in [-0.1, -0.05) is 145 Å². The van der Waals surface area contributed by atoms with Crippen LogP contribution >= 0.6 is 0 Å². The van der Waals surface area contributed by atoms with Crippen LogP contribution in [0.1, 0.15) is 64.2 Å². The molecule has 5 aromatic heterocycles. The van der Waals surface area contributed by atoms with Crippen molar-refractivity contribution in [3.63, 3.8) is 0 Å². The summed E-state index contributed by atoms with van der Waals surface area (Å²) in [6.07, 6.45) is 11.4. The van der Waals surface area contributed by atoms with Crippen LogP contribution in [0.5, 0.6) is 0 Å². The third-order valence-electron chi connectivity index (χ3n) is 15.8. The summed E-state index contributed by atoms with van der Waals surface area (Å²) < 4.78 is 5.09. The third kappa shape index (κ3) is 4.80. The van der Waals surface area contributed by atoms with Gasteiger partial charge in [0.2, 0.25) is 0 Å². The molecule has 0 bridgehead atoms. The lowest BCUT2D eigenvalue weighted by Gasteiger charge is -2.28. The van der Waals surface area contributed by atoms with Crippen molar-refractivity contribution in [2.45, 2.75) is 64.3 Å². The third-order valence-corrected chi connectivity index (χ3v) is 15.8. The largest absolute Gasteiger partial charge is 0.333 e. The SMILES string of the molecule is CC(C)(C)c1ccc2c(c1)c1cc(C(C)(C)C)cc3c4c5c6c7ccccc7cc7c8c9ccccc9cc(-c9ccc%10c(c9)C9C=CC=CC9N%10c9ccccc9)c8n(c5ncc4n2c13)c76. The molecule has 0 spiro atoms. The molecule has 0 saturated carbocycles. The molecule has 0 fully saturated rings. The molecule has 4 heteroatoms. The van der Waals surface area contributed by atoms with E-state index in [1.54, 1.807) is 0 Å². The van der Waals surface area contributed by atoms with E-state index in [-0.39, 0.29) is 22.8 Å². The Morgan fingerprint density at radius 3 is 1.96 bits per heavy atom. The Morgan fingerprint density at radius 1 is 0.478 bits per heavy atom. The number of fused-ring (bicyclic) bond motifs is 20. The van der Waals surface area contributed by atoms with Gasteiger partial charge in [-0.3, -0.25) is 4.40 Å². The minimum atomic E-state index is -0.0540. The highest BCUT2D eigenvalue weighted by atomic mass is 15.2. The van der Waals surface area contributed by atoms with Crippen LogP contribution in [0, 0.1) is 0 Å². The molecule has 0 saturated heterocycles. The lowest BCUT2D eigenvalue weighted by Crippen LogP contribution is -2.28. The predicted molar refractivity (Wildman–Crippen MR) is 285 cm³/mol. The maximum Gasteiger partial charge on any atom is 0.146 e. The number of pyridine rings is 1. The second-order valence-corrected chi connectivity index (χ2v) is 21.5. The van der Waals surface area contributed by atoms with Gasteiger partial charge in [-0.15, -0.1) is 0 Å². The van der Waals surface area contributed by atoms with Crippen LogP contribution in [0.4, 0.5) is 11.4 Å². The Labute approximate surface area is 388 Å². The van der Waals surface area contributed by atoms with Crippen molar-refractivity contribution in [2.24, 2.45) is 0 Å². The first-order chi connectivity index (χ1) is 32.5. The Balaban J connectivity index is 1.12. The smallest absolute Gasteiger partial charge is 0.146 e. The van der Waals surface area contributed by atoms with Crippen molar-refractivity contribution in [1.29, 1.82) is 0 Å². The average molecular weight is 861 g/mol. The first-order valence-electron chi connectivity index (χ1n) is 24.0. The van der Waals surface area contributed by atoms with Gasteiger partial charge < -0.3 is 9.30 Å². The van der Waals surface area contributed by atoms with Crippen LogP contribution in [0.25, 0.3) is 109 Å². The second kappa shape index (κ2) is 12.6. The molecule has 67 heavy (non-hydrogen) atoms. The van der Waals surface area contributed by atoms with E-state index in [2.05, 4.69) is 225 Å². The highest BCUT2D eigenvalue weighted by Crippen LogP contribution is 2.53. The number of allylic oxidation sites excluding steroid dienone is 2. The molecule has 1 aliphatic carbocycles. The molecule has 15 rings (SSSR count). The Morgan fingerprint density at radius 2 is 1.16 bits per heavy atom. The van der Waals surface area contributed by atoms with Crippen molar-refractivity contribution in [3.05, 3.63) is 187 Å². The van der Waals surface area contributed by atoms with Gasteiger partial charge in [0.1, 0.15) is 5.65 Å². The van der Waals surface area contributed by atoms with E-state index in [1.807, 2.05) is 0 Å². The van der Waals surface area contributed by atoms with Crippen LogP contribution < -0.4 is 4.90 Å². The van der Waals surface area contributed by atoms with Gasteiger partial charge in [0.15, 0.2) is 0 Å². The highest BCUT2D eigenvalue weighted by molar-refractivity contribution is 6.41. The number of anilines is 2. The summed E-state index contributed by atoms with van der Waals surface area (Å²) in [7, 11) is 0. The van der Waals surface area contributed by atoms with Crippen LogP contribution in [0.15, 0.2) is 170 Å². The van der Waals surface area contributed by atoms with E-state index in [9.17, 15) is 0 Å². The number of para-hydroxylation sites is 1. The van der Waals surface area contributed by atoms with Gasteiger partial charge in [-0.05, 0) is 115 Å². The van der Waals surface area contributed by atoms with E-state index in [0.29, 0.717) is 0 Å². The number of benzene rings is 8. The molecule has 13 aromatic rings. The lowest BCUT2D eigenvalue weighted by molar-refractivity contribution is 0.590. The van der Waals surface area contributed by atoms with Crippen molar-refractivity contribution >= 4 is 109 Å². The normalized spacial score (nSPS) is 16.7. The molecule has 1 aliphatic heterocycles. The summed E-state index contributed by atoms with van der Waals surface area (Å²) in [4.78, 5) is 8.20. The van der Waals surface area contributed by atoms with Crippen molar-refractivity contribution < 1.29 is 0 Å². The lowest BCUT2D eigenvalue weighted by atomic mass is 9.84. The molecular formula is C63H48N4. The summed E-state index contributed by atoms with van der Waals surface area (Å²) in [6, 6.07) is 53.4. The molecule has 2 aliphatic rings.